The summed E-state index contributed by atoms with van der Waals surface area (Å²) < 4.78 is 0. The van der Waals surface area contributed by atoms with Crippen molar-refractivity contribution in [3.05, 3.63) is 35.9 Å². The van der Waals surface area contributed by atoms with Crippen LogP contribution in [0, 0.1) is 0 Å². The average molecular weight is 300 g/mol. The molecule has 1 aromatic carbocycles. The number of hydrogen-bond acceptors (Lipinski definition) is 2. The minimum Gasteiger partial charge on any atom is -0.355 e. The van der Waals surface area contributed by atoms with E-state index in [2.05, 4.69) is 11.6 Å². The third-order valence-corrected chi connectivity index (χ3v) is 4.04. The molecule has 1 atom stereocenters. The van der Waals surface area contributed by atoms with Crippen LogP contribution in [-0.2, 0) is 4.79 Å². The first kappa shape index (κ1) is 16.4. The number of nitrogens with one attached hydrogen (secondary N) is 1. The van der Waals surface area contributed by atoms with E-state index in [1.807, 2.05) is 42.1 Å². The molecule has 0 bridgehead atoms. The molecular weight excluding hydrogens is 278 g/mol. The summed E-state index contributed by atoms with van der Waals surface area (Å²) in [6.07, 6.45) is 6.82. The van der Waals surface area contributed by atoms with Crippen molar-refractivity contribution in [1.82, 2.24) is 5.32 Å². The van der Waals surface area contributed by atoms with Gasteiger partial charge in [-0.25, -0.2) is 0 Å². The molecule has 0 aliphatic heterocycles. The predicted molar refractivity (Wildman–Crippen MR) is 84.9 cm³/mol. The van der Waals surface area contributed by atoms with E-state index < -0.39 is 5.38 Å². The number of thioether (sulfide) groups is 1. The van der Waals surface area contributed by atoms with Crippen molar-refractivity contribution in [2.45, 2.75) is 31.1 Å². The van der Waals surface area contributed by atoms with Gasteiger partial charge in [0, 0.05) is 6.54 Å². The van der Waals surface area contributed by atoms with Gasteiger partial charge in [-0.1, -0.05) is 43.2 Å². The Morgan fingerprint density at radius 3 is 2.58 bits per heavy atom. The van der Waals surface area contributed by atoms with Gasteiger partial charge in [-0.2, -0.15) is 11.8 Å². The van der Waals surface area contributed by atoms with Gasteiger partial charge in [-0.3, -0.25) is 4.79 Å². The fourth-order valence-electron chi connectivity index (χ4n) is 1.80. The third kappa shape index (κ3) is 6.88. The van der Waals surface area contributed by atoms with Crippen LogP contribution >= 0.6 is 23.4 Å². The van der Waals surface area contributed by atoms with Crippen molar-refractivity contribution in [2.24, 2.45) is 0 Å². The highest BCUT2D eigenvalue weighted by Crippen LogP contribution is 2.19. The Morgan fingerprint density at radius 2 is 1.89 bits per heavy atom. The quantitative estimate of drug-likeness (QED) is 0.551. The van der Waals surface area contributed by atoms with Crippen molar-refractivity contribution < 1.29 is 4.79 Å². The van der Waals surface area contributed by atoms with Crippen molar-refractivity contribution in [1.29, 1.82) is 0 Å². The van der Waals surface area contributed by atoms with Crippen molar-refractivity contribution in [3.63, 3.8) is 0 Å². The Morgan fingerprint density at radius 1 is 1.21 bits per heavy atom. The van der Waals surface area contributed by atoms with Gasteiger partial charge >= 0.3 is 0 Å². The van der Waals surface area contributed by atoms with Crippen molar-refractivity contribution in [3.8, 4) is 0 Å². The highest BCUT2D eigenvalue weighted by Gasteiger charge is 2.16. The van der Waals surface area contributed by atoms with Crippen LogP contribution in [0.25, 0.3) is 0 Å². The monoisotopic (exact) mass is 299 g/mol. The Hall–Kier alpha value is -0.670. The number of rotatable bonds is 9. The Kier molecular flexibility index (Phi) is 8.76. The summed E-state index contributed by atoms with van der Waals surface area (Å²) in [5.74, 6) is 1.13. The summed E-state index contributed by atoms with van der Waals surface area (Å²) in [7, 11) is 0. The molecular formula is C15H22ClNOS. The molecule has 1 N–H and O–H groups in total. The number of amides is 1. The van der Waals surface area contributed by atoms with Gasteiger partial charge in [0.15, 0.2) is 0 Å². The molecule has 19 heavy (non-hydrogen) atoms. The first-order chi connectivity index (χ1) is 9.25. The maximum Gasteiger partial charge on any atom is 0.242 e. The highest BCUT2D eigenvalue weighted by molar-refractivity contribution is 7.98. The molecule has 0 heterocycles. The lowest BCUT2D eigenvalue weighted by molar-refractivity contribution is -0.120. The van der Waals surface area contributed by atoms with Gasteiger partial charge in [0.25, 0.3) is 0 Å². The molecule has 1 rings (SSSR count). The standard InChI is InChI=1S/C15H22ClNOS/c1-19-12-8-3-2-7-11-17-15(18)14(16)13-9-5-4-6-10-13/h4-6,9-10,14H,2-3,7-8,11-12H2,1H3,(H,17,18). The van der Waals surface area contributed by atoms with Gasteiger partial charge in [0.2, 0.25) is 5.91 Å². The number of halogens is 1. The van der Waals surface area contributed by atoms with Gasteiger partial charge in [0.1, 0.15) is 5.38 Å². The Labute approximate surface area is 125 Å². The Bertz CT molecular complexity index is 358. The zero-order valence-corrected chi connectivity index (χ0v) is 13.0. The summed E-state index contributed by atoms with van der Waals surface area (Å²) in [6, 6.07) is 9.45. The lowest BCUT2D eigenvalue weighted by atomic mass is 10.1. The minimum atomic E-state index is -0.585. The molecule has 1 amide bonds. The van der Waals surface area contributed by atoms with E-state index in [4.69, 9.17) is 11.6 Å². The van der Waals surface area contributed by atoms with Crippen LogP contribution in [0.5, 0.6) is 0 Å². The molecule has 0 aromatic heterocycles. The molecule has 0 radical (unpaired) electrons. The number of benzene rings is 1. The van der Waals surface area contributed by atoms with Crippen LogP contribution in [0.15, 0.2) is 30.3 Å². The van der Waals surface area contributed by atoms with Gasteiger partial charge in [0.05, 0.1) is 0 Å². The number of alkyl halides is 1. The molecule has 2 nitrogen and oxygen atoms in total. The van der Waals surface area contributed by atoms with Crippen LogP contribution in [0.4, 0.5) is 0 Å². The zero-order valence-electron chi connectivity index (χ0n) is 11.4. The lowest BCUT2D eigenvalue weighted by Gasteiger charge is -2.10. The SMILES string of the molecule is CSCCCCCCNC(=O)C(Cl)c1ccccc1. The molecule has 4 heteroatoms. The normalized spacial score (nSPS) is 12.1. The van der Waals surface area contributed by atoms with Gasteiger partial charge in [-0.05, 0) is 30.4 Å². The average Bonchev–Trinajstić information content (AvgIpc) is 2.46. The molecule has 0 aliphatic carbocycles. The molecule has 1 unspecified atom stereocenters. The van der Waals surface area contributed by atoms with Crippen LogP contribution in [0.1, 0.15) is 36.6 Å². The summed E-state index contributed by atoms with van der Waals surface area (Å²) in [6.45, 7) is 0.716. The maximum absolute atomic E-state index is 11.8. The number of carbonyl (C=O) groups is 1. The van der Waals surface area contributed by atoms with E-state index >= 15 is 0 Å². The summed E-state index contributed by atoms with van der Waals surface area (Å²) in [5.41, 5.74) is 0.849. The smallest absolute Gasteiger partial charge is 0.242 e. The zero-order chi connectivity index (χ0) is 13.9. The molecule has 0 fully saturated rings. The second-order valence-corrected chi connectivity index (χ2v) is 5.89. The van der Waals surface area contributed by atoms with E-state index in [1.54, 1.807) is 0 Å². The third-order valence-electron chi connectivity index (χ3n) is 2.90. The number of unbranched alkanes of at least 4 members (excludes halogenated alkanes) is 3. The molecule has 0 saturated carbocycles. The molecule has 106 valence electrons. The van der Waals surface area contributed by atoms with E-state index in [1.165, 1.54) is 25.0 Å². The Balaban J connectivity index is 2.14. The number of carbonyl (C=O) groups excluding carboxylic acids is 1. The van der Waals surface area contributed by atoms with E-state index in [0.717, 1.165) is 12.0 Å². The van der Waals surface area contributed by atoms with Crippen molar-refractivity contribution >= 4 is 29.3 Å². The maximum atomic E-state index is 11.8. The second kappa shape index (κ2) is 10.2. The fraction of sp³-hybridized carbons (Fsp3) is 0.533. The first-order valence-corrected chi connectivity index (χ1v) is 8.54. The van der Waals surface area contributed by atoms with Gasteiger partial charge in [-0.15, -0.1) is 11.6 Å². The van der Waals surface area contributed by atoms with Crippen LogP contribution in [0.3, 0.4) is 0 Å². The summed E-state index contributed by atoms with van der Waals surface area (Å²) >= 11 is 8.01. The highest BCUT2D eigenvalue weighted by atomic mass is 35.5. The minimum absolute atomic E-state index is 0.100. The largest absolute Gasteiger partial charge is 0.355 e. The summed E-state index contributed by atoms with van der Waals surface area (Å²) in [4.78, 5) is 11.8. The fourth-order valence-corrected chi connectivity index (χ4v) is 2.51. The van der Waals surface area contributed by atoms with E-state index in [0.29, 0.717) is 6.54 Å². The lowest BCUT2D eigenvalue weighted by Crippen LogP contribution is -2.27. The molecule has 0 spiro atoms. The first-order valence-electron chi connectivity index (χ1n) is 6.71. The molecule has 0 aliphatic rings. The number of hydrogen-bond donors (Lipinski definition) is 1. The topological polar surface area (TPSA) is 29.1 Å². The summed E-state index contributed by atoms with van der Waals surface area (Å²) in [5, 5.41) is 2.31. The van der Waals surface area contributed by atoms with Crippen LogP contribution in [-0.4, -0.2) is 24.5 Å². The molecule has 1 aromatic rings. The van der Waals surface area contributed by atoms with Crippen LogP contribution < -0.4 is 5.32 Å². The van der Waals surface area contributed by atoms with E-state index in [9.17, 15) is 4.79 Å². The predicted octanol–water partition coefficient (Wildman–Crippen LogP) is 4.01. The molecule has 0 saturated heterocycles. The van der Waals surface area contributed by atoms with E-state index in [-0.39, 0.29) is 5.91 Å². The van der Waals surface area contributed by atoms with Crippen molar-refractivity contribution in [2.75, 3.05) is 18.6 Å². The van der Waals surface area contributed by atoms with Crippen LogP contribution in [0.2, 0.25) is 0 Å². The van der Waals surface area contributed by atoms with Gasteiger partial charge < -0.3 is 5.32 Å². The second-order valence-electron chi connectivity index (χ2n) is 4.47.